The fourth-order valence-corrected chi connectivity index (χ4v) is 2.90. The van der Waals surface area contributed by atoms with E-state index in [-0.39, 0.29) is 13.2 Å². The van der Waals surface area contributed by atoms with E-state index in [9.17, 15) is 18.3 Å². The SMILES string of the molecule is COC[C@](C)(O)CNc1nnc(-c2ccc(C(F)(F)F)cc2)c2ccccc12. The van der Waals surface area contributed by atoms with Gasteiger partial charge in [-0.2, -0.15) is 13.2 Å². The first-order valence-electron chi connectivity index (χ1n) is 8.59. The predicted octanol–water partition coefficient (Wildman–Crippen LogP) is 4.12. The molecular formula is C20H20F3N3O2. The van der Waals surface area contributed by atoms with Crippen LogP contribution in [0.1, 0.15) is 12.5 Å². The highest BCUT2D eigenvalue weighted by Crippen LogP contribution is 2.33. The summed E-state index contributed by atoms with van der Waals surface area (Å²) in [5.41, 5.74) is -0.788. The summed E-state index contributed by atoms with van der Waals surface area (Å²) in [5.74, 6) is 0.475. The molecule has 1 atom stereocenters. The second-order valence-electron chi connectivity index (χ2n) is 6.80. The van der Waals surface area contributed by atoms with E-state index < -0.39 is 17.3 Å². The van der Waals surface area contributed by atoms with E-state index in [2.05, 4.69) is 15.5 Å². The Balaban J connectivity index is 1.96. The maximum absolute atomic E-state index is 12.8. The van der Waals surface area contributed by atoms with Crippen LogP contribution in [0.25, 0.3) is 22.0 Å². The third-order valence-corrected chi connectivity index (χ3v) is 4.26. The molecular weight excluding hydrogens is 371 g/mol. The molecule has 0 unspecified atom stereocenters. The summed E-state index contributed by atoms with van der Waals surface area (Å²) in [4.78, 5) is 0. The number of ether oxygens (including phenoxy) is 1. The van der Waals surface area contributed by atoms with Crippen molar-refractivity contribution in [2.45, 2.75) is 18.7 Å². The Bertz CT molecular complexity index is 957. The Kier molecular flexibility index (Phi) is 5.53. The first kappa shape index (κ1) is 20.0. The fraction of sp³-hybridized carbons (Fsp3) is 0.300. The lowest BCUT2D eigenvalue weighted by Crippen LogP contribution is -2.38. The zero-order valence-electron chi connectivity index (χ0n) is 15.4. The molecule has 3 rings (SSSR count). The summed E-state index contributed by atoms with van der Waals surface area (Å²) >= 11 is 0. The minimum atomic E-state index is -4.39. The van der Waals surface area contributed by atoms with Crippen LogP contribution in [0.3, 0.4) is 0 Å². The van der Waals surface area contributed by atoms with Crippen LogP contribution in [0, 0.1) is 0 Å². The first-order valence-corrected chi connectivity index (χ1v) is 8.59. The van der Waals surface area contributed by atoms with Gasteiger partial charge >= 0.3 is 6.18 Å². The summed E-state index contributed by atoms with van der Waals surface area (Å²) in [6.45, 7) is 1.98. The normalized spacial score (nSPS) is 14.1. The quantitative estimate of drug-likeness (QED) is 0.662. The molecule has 1 aromatic heterocycles. The van der Waals surface area contributed by atoms with Crippen LogP contribution in [0.15, 0.2) is 48.5 Å². The van der Waals surface area contributed by atoms with Gasteiger partial charge in [-0.25, -0.2) is 0 Å². The monoisotopic (exact) mass is 391 g/mol. The van der Waals surface area contributed by atoms with Crippen molar-refractivity contribution < 1.29 is 23.0 Å². The zero-order chi connectivity index (χ0) is 20.4. The van der Waals surface area contributed by atoms with Crippen LogP contribution in [0.5, 0.6) is 0 Å². The number of aliphatic hydroxyl groups is 1. The van der Waals surface area contributed by atoms with E-state index >= 15 is 0 Å². The number of nitrogens with zero attached hydrogens (tertiary/aromatic N) is 2. The highest BCUT2D eigenvalue weighted by atomic mass is 19.4. The number of rotatable bonds is 6. The van der Waals surface area contributed by atoms with Crippen molar-refractivity contribution in [1.29, 1.82) is 0 Å². The number of alkyl halides is 3. The molecule has 0 aliphatic carbocycles. The van der Waals surface area contributed by atoms with Crippen LogP contribution < -0.4 is 5.32 Å². The number of hydrogen-bond acceptors (Lipinski definition) is 5. The lowest BCUT2D eigenvalue weighted by Gasteiger charge is -2.23. The van der Waals surface area contributed by atoms with Gasteiger partial charge in [0.1, 0.15) is 11.3 Å². The molecule has 0 bridgehead atoms. The number of benzene rings is 2. The standard InChI is InChI=1S/C20H20F3N3O2/c1-19(27,12-28-2)11-24-18-16-6-4-3-5-15(16)17(25-26-18)13-7-9-14(10-8-13)20(21,22)23/h3-10,27H,11-12H2,1-2H3,(H,24,26)/t19-/m1/s1. The van der Waals surface area contributed by atoms with Crippen molar-refractivity contribution in [3.63, 3.8) is 0 Å². The number of anilines is 1. The lowest BCUT2D eigenvalue weighted by molar-refractivity contribution is -0.137. The average Bonchev–Trinajstić information content (AvgIpc) is 2.65. The number of methoxy groups -OCH3 is 1. The van der Waals surface area contributed by atoms with E-state index in [1.807, 2.05) is 24.3 Å². The van der Waals surface area contributed by atoms with Crippen molar-refractivity contribution >= 4 is 16.6 Å². The number of fused-ring (bicyclic) bond motifs is 1. The zero-order valence-corrected chi connectivity index (χ0v) is 15.4. The largest absolute Gasteiger partial charge is 0.416 e. The van der Waals surface area contributed by atoms with E-state index in [4.69, 9.17) is 4.74 Å². The van der Waals surface area contributed by atoms with Gasteiger partial charge in [-0.05, 0) is 19.1 Å². The molecule has 0 saturated carbocycles. The number of hydrogen-bond donors (Lipinski definition) is 2. The van der Waals surface area contributed by atoms with Crippen LogP contribution in [0.4, 0.5) is 19.0 Å². The summed E-state index contributed by atoms with van der Waals surface area (Å²) in [5, 5.41) is 23.2. The minimum absolute atomic E-state index is 0.148. The molecule has 0 amide bonds. The van der Waals surface area contributed by atoms with Gasteiger partial charge in [0, 0.05) is 30.0 Å². The van der Waals surface area contributed by atoms with E-state index in [1.54, 1.807) is 6.92 Å². The molecule has 0 aliphatic heterocycles. The highest BCUT2D eigenvalue weighted by molar-refractivity contribution is 6.00. The predicted molar refractivity (Wildman–Crippen MR) is 101 cm³/mol. The van der Waals surface area contributed by atoms with Gasteiger partial charge in [0.05, 0.1) is 12.2 Å². The number of halogens is 3. The smallest absolute Gasteiger partial charge is 0.386 e. The van der Waals surface area contributed by atoms with Crippen molar-refractivity contribution in [1.82, 2.24) is 10.2 Å². The third kappa shape index (κ3) is 4.40. The number of nitrogens with one attached hydrogen (secondary N) is 1. The summed E-state index contributed by atoms with van der Waals surface area (Å²) in [6.07, 6.45) is -4.39. The molecule has 28 heavy (non-hydrogen) atoms. The van der Waals surface area contributed by atoms with E-state index in [0.29, 0.717) is 17.1 Å². The number of aromatic nitrogens is 2. The second-order valence-corrected chi connectivity index (χ2v) is 6.80. The van der Waals surface area contributed by atoms with Crippen LogP contribution in [-0.2, 0) is 10.9 Å². The Hall–Kier alpha value is -2.71. The third-order valence-electron chi connectivity index (χ3n) is 4.26. The minimum Gasteiger partial charge on any atom is -0.386 e. The van der Waals surface area contributed by atoms with Crippen molar-refractivity contribution in [3.05, 3.63) is 54.1 Å². The van der Waals surface area contributed by atoms with Gasteiger partial charge in [0.25, 0.3) is 0 Å². The fourth-order valence-electron chi connectivity index (χ4n) is 2.90. The summed E-state index contributed by atoms with van der Waals surface area (Å²) in [6, 6.07) is 12.1. The van der Waals surface area contributed by atoms with Crippen LogP contribution in [0.2, 0.25) is 0 Å². The van der Waals surface area contributed by atoms with Gasteiger partial charge in [0.15, 0.2) is 5.82 Å². The molecule has 5 nitrogen and oxygen atoms in total. The van der Waals surface area contributed by atoms with Gasteiger partial charge in [-0.1, -0.05) is 36.4 Å². The van der Waals surface area contributed by atoms with Gasteiger partial charge in [0.2, 0.25) is 0 Å². The molecule has 0 aliphatic rings. The van der Waals surface area contributed by atoms with Crippen LogP contribution >= 0.6 is 0 Å². The molecule has 0 spiro atoms. The summed E-state index contributed by atoms with van der Waals surface area (Å²) < 4.78 is 43.4. The molecule has 3 aromatic rings. The van der Waals surface area contributed by atoms with Crippen molar-refractivity contribution in [2.75, 3.05) is 25.6 Å². The maximum atomic E-state index is 12.8. The van der Waals surface area contributed by atoms with E-state index in [0.717, 1.165) is 22.9 Å². The highest BCUT2D eigenvalue weighted by Gasteiger charge is 2.30. The maximum Gasteiger partial charge on any atom is 0.416 e. The van der Waals surface area contributed by atoms with Crippen molar-refractivity contribution in [3.8, 4) is 11.3 Å². The molecule has 0 fully saturated rings. The topological polar surface area (TPSA) is 67.3 Å². The second kappa shape index (κ2) is 7.73. The van der Waals surface area contributed by atoms with Gasteiger partial charge in [-0.3, -0.25) is 0 Å². The Morgan fingerprint density at radius 3 is 2.25 bits per heavy atom. The van der Waals surface area contributed by atoms with Crippen LogP contribution in [-0.4, -0.2) is 41.2 Å². The van der Waals surface area contributed by atoms with Gasteiger partial charge in [-0.15, -0.1) is 10.2 Å². The summed E-state index contributed by atoms with van der Waals surface area (Å²) in [7, 11) is 1.50. The molecule has 0 radical (unpaired) electrons. The first-order chi connectivity index (χ1) is 13.2. The molecule has 148 valence electrons. The molecule has 0 saturated heterocycles. The molecule has 8 heteroatoms. The lowest BCUT2D eigenvalue weighted by atomic mass is 10.0. The Labute approximate surface area is 160 Å². The average molecular weight is 391 g/mol. The molecule has 2 aromatic carbocycles. The van der Waals surface area contributed by atoms with Crippen molar-refractivity contribution in [2.24, 2.45) is 0 Å². The molecule has 1 heterocycles. The van der Waals surface area contributed by atoms with E-state index in [1.165, 1.54) is 19.2 Å². The van der Waals surface area contributed by atoms with Gasteiger partial charge < -0.3 is 15.2 Å². The Morgan fingerprint density at radius 1 is 1.00 bits per heavy atom. The molecule has 2 N–H and O–H groups in total. The Morgan fingerprint density at radius 2 is 1.64 bits per heavy atom.